The van der Waals surface area contributed by atoms with Crippen LogP contribution in [0.25, 0.3) is 0 Å². The molecule has 108 valence electrons. The van der Waals surface area contributed by atoms with Gasteiger partial charge in [-0.3, -0.25) is 9.65 Å². The van der Waals surface area contributed by atoms with Crippen molar-refractivity contribution in [2.75, 3.05) is 31.5 Å². The molecule has 2 saturated heterocycles. The van der Waals surface area contributed by atoms with Crippen molar-refractivity contribution in [2.45, 2.75) is 0 Å². The molecule has 0 saturated carbocycles. The van der Waals surface area contributed by atoms with Gasteiger partial charge in [-0.2, -0.15) is 0 Å². The summed E-state index contributed by atoms with van der Waals surface area (Å²) in [4.78, 5) is 12.0. The third kappa shape index (κ3) is 2.95. The Labute approximate surface area is 126 Å². The molecule has 0 aromatic heterocycles. The largest absolute Gasteiger partial charge is 0.326 e. The van der Waals surface area contributed by atoms with Gasteiger partial charge in [-0.25, -0.2) is 14.1 Å². The lowest BCUT2D eigenvalue weighted by atomic mass is 10.3. The first-order valence-electron chi connectivity index (χ1n) is 6.14. The molecule has 6 nitrogen and oxygen atoms in total. The molecule has 0 aliphatic carbocycles. The summed E-state index contributed by atoms with van der Waals surface area (Å²) >= 11 is 11.8. The van der Waals surface area contributed by atoms with E-state index >= 15 is 0 Å². The zero-order valence-electron chi connectivity index (χ0n) is 10.5. The van der Waals surface area contributed by atoms with E-state index in [4.69, 9.17) is 23.2 Å². The summed E-state index contributed by atoms with van der Waals surface area (Å²) in [6, 6.07) is 4.22. The van der Waals surface area contributed by atoms with Crippen LogP contribution in [0, 0.1) is 0 Å². The van der Waals surface area contributed by atoms with E-state index in [1.807, 2.05) is 0 Å². The molecule has 2 aliphatic rings. The van der Waals surface area contributed by atoms with Crippen molar-refractivity contribution in [1.29, 1.82) is 0 Å². The molecule has 0 bridgehead atoms. The van der Waals surface area contributed by atoms with Crippen molar-refractivity contribution in [3.63, 3.8) is 0 Å². The van der Waals surface area contributed by atoms with Crippen LogP contribution in [0.3, 0.4) is 0 Å². The van der Waals surface area contributed by atoms with Crippen molar-refractivity contribution < 1.29 is 9.36 Å². The molecule has 2 amide bonds. The topological polar surface area (TPSA) is 64.2 Å². The van der Waals surface area contributed by atoms with Crippen LogP contribution in [0.2, 0.25) is 10.0 Å². The lowest BCUT2D eigenvalue weighted by molar-refractivity contribution is 0.255. The molecule has 2 aliphatic heterocycles. The van der Waals surface area contributed by atoms with E-state index in [9.17, 15) is 9.36 Å². The Morgan fingerprint density at radius 1 is 1.15 bits per heavy atom. The fourth-order valence-corrected chi connectivity index (χ4v) is 4.39. The second-order valence-electron chi connectivity index (χ2n) is 4.64. The third-order valence-corrected chi connectivity index (χ3v) is 6.43. The molecule has 0 radical (unpaired) electrons. The number of carbonyl (C=O) groups excluding carboxylic acids is 1. The molecule has 2 fully saturated rings. The van der Waals surface area contributed by atoms with Crippen molar-refractivity contribution in [1.82, 2.24) is 14.4 Å². The molecule has 2 N–H and O–H groups in total. The number of hydrogen-bond acceptors (Lipinski definition) is 2. The van der Waals surface area contributed by atoms with Gasteiger partial charge in [0.15, 0.2) is 0 Å². The summed E-state index contributed by atoms with van der Waals surface area (Å²) in [6.07, 6.45) is 0. The van der Waals surface area contributed by atoms with E-state index < -0.39 is 13.6 Å². The standard InChI is InChI=1S/C11H13Cl2N4O2P/c12-8-1-2-9(13)10(7-8)14-11(18)15-20(19,16-3-4-16)17-5-6-17/h1-2,7H,3-6H2,(H2,14,15,18,19). The number of anilines is 1. The lowest BCUT2D eigenvalue weighted by Gasteiger charge is -2.21. The maximum absolute atomic E-state index is 12.7. The maximum atomic E-state index is 12.7. The maximum Gasteiger partial charge on any atom is 0.326 e. The van der Waals surface area contributed by atoms with Gasteiger partial charge in [0.25, 0.3) is 0 Å². The number of nitrogens with zero attached hydrogens (tertiary/aromatic N) is 2. The second kappa shape index (κ2) is 5.20. The van der Waals surface area contributed by atoms with Crippen LogP contribution >= 0.6 is 30.8 Å². The average Bonchev–Trinajstić information content (AvgIpc) is 3.26. The molecular formula is C11H13Cl2N4O2P. The highest BCUT2D eigenvalue weighted by atomic mass is 35.5. The Balaban J connectivity index is 1.70. The van der Waals surface area contributed by atoms with Crippen molar-refractivity contribution >= 4 is 42.5 Å². The SMILES string of the molecule is O=C(Nc1cc(Cl)ccc1Cl)NP(=O)(N1CC1)N1CC1. The van der Waals surface area contributed by atoms with Gasteiger partial charge in [0.2, 0.25) is 0 Å². The Kier molecular flexibility index (Phi) is 3.69. The zero-order chi connectivity index (χ0) is 14.3. The van der Waals surface area contributed by atoms with Crippen LogP contribution in [0.4, 0.5) is 10.5 Å². The summed E-state index contributed by atoms with van der Waals surface area (Å²) in [5.74, 6) is 0. The molecule has 3 rings (SSSR count). The Morgan fingerprint density at radius 3 is 2.30 bits per heavy atom. The fourth-order valence-electron chi connectivity index (χ4n) is 1.83. The first-order chi connectivity index (χ1) is 9.49. The highest BCUT2D eigenvalue weighted by Crippen LogP contribution is 2.56. The van der Waals surface area contributed by atoms with E-state index in [0.29, 0.717) is 15.7 Å². The van der Waals surface area contributed by atoms with Crippen molar-refractivity contribution in [3.8, 4) is 0 Å². The molecular weight excluding hydrogens is 322 g/mol. The van der Waals surface area contributed by atoms with Gasteiger partial charge in [0, 0.05) is 31.2 Å². The first kappa shape index (κ1) is 14.2. The van der Waals surface area contributed by atoms with Crippen LogP contribution in [-0.2, 0) is 4.57 Å². The van der Waals surface area contributed by atoms with E-state index in [1.165, 1.54) is 0 Å². The van der Waals surface area contributed by atoms with Crippen LogP contribution in [0.1, 0.15) is 0 Å². The molecule has 20 heavy (non-hydrogen) atoms. The van der Waals surface area contributed by atoms with Crippen LogP contribution < -0.4 is 10.4 Å². The zero-order valence-corrected chi connectivity index (χ0v) is 12.9. The molecule has 1 aromatic rings. The quantitative estimate of drug-likeness (QED) is 0.656. The number of hydrogen-bond donors (Lipinski definition) is 2. The van der Waals surface area contributed by atoms with Crippen molar-refractivity contribution in [2.24, 2.45) is 0 Å². The predicted octanol–water partition coefficient (Wildman–Crippen LogP) is 2.85. The van der Waals surface area contributed by atoms with Gasteiger partial charge >= 0.3 is 13.6 Å². The molecule has 0 spiro atoms. The van der Waals surface area contributed by atoms with Crippen molar-refractivity contribution in [3.05, 3.63) is 28.2 Å². The molecule has 0 unspecified atom stereocenters. The van der Waals surface area contributed by atoms with E-state index in [0.717, 1.165) is 26.2 Å². The Morgan fingerprint density at radius 2 is 1.75 bits per heavy atom. The van der Waals surface area contributed by atoms with Gasteiger partial charge in [-0.05, 0) is 18.2 Å². The van der Waals surface area contributed by atoms with Crippen LogP contribution in [0.15, 0.2) is 18.2 Å². The number of urea groups is 1. The van der Waals surface area contributed by atoms with Gasteiger partial charge < -0.3 is 5.32 Å². The summed E-state index contributed by atoms with van der Waals surface area (Å²) in [5.41, 5.74) is 0.389. The number of amides is 2. The molecule has 0 atom stereocenters. The highest BCUT2D eigenvalue weighted by Gasteiger charge is 2.49. The molecule has 9 heteroatoms. The van der Waals surface area contributed by atoms with Gasteiger partial charge in [-0.1, -0.05) is 23.2 Å². The third-order valence-electron chi connectivity index (χ3n) is 3.04. The lowest BCUT2D eigenvalue weighted by Crippen LogP contribution is -2.31. The summed E-state index contributed by atoms with van der Waals surface area (Å²) in [7, 11) is -2.93. The predicted molar refractivity (Wildman–Crippen MR) is 79.4 cm³/mol. The Bertz CT molecular complexity index is 588. The summed E-state index contributed by atoms with van der Waals surface area (Å²) in [6.45, 7) is 2.97. The minimum absolute atomic E-state index is 0.373. The van der Waals surface area contributed by atoms with Crippen LogP contribution in [0.5, 0.6) is 0 Å². The second-order valence-corrected chi connectivity index (χ2v) is 7.93. The number of halogens is 2. The Hall–Kier alpha value is -0.780. The number of carbonyl (C=O) groups is 1. The first-order valence-corrected chi connectivity index (χ1v) is 8.51. The summed E-state index contributed by atoms with van der Waals surface area (Å²) < 4.78 is 16.2. The van der Waals surface area contributed by atoms with E-state index in [1.54, 1.807) is 27.5 Å². The van der Waals surface area contributed by atoms with Gasteiger partial charge in [0.1, 0.15) is 0 Å². The average molecular weight is 335 g/mol. The summed E-state index contributed by atoms with van der Waals surface area (Å²) in [5, 5.41) is 5.98. The van der Waals surface area contributed by atoms with E-state index in [-0.39, 0.29) is 0 Å². The smallest absolute Gasteiger partial charge is 0.306 e. The minimum Gasteiger partial charge on any atom is -0.306 e. The van der Waals surface area contributed by atoms with E-state index in [2.05, 4.69) is 10.4 Å². The van der Waals surface area contributed by atoms with Gasteiger partial charge in [-0.15, -0.1) is 0 Å². The fraction of sp³-hybridized carbons (Fsp3) is 0.364. The normalized spacial score (nSPS) is 18.7. The number of nitrogens with one attached hydrogen (secondary N) is 2. The highest BCUT2D eigenvalue weighted by molar-refractivity contribution is 7.58. The van der Waals surface area contributed by atoms with Gasteiger partial charge in [0.05, 0.1) is 10.7 Å². The molecule has 2 heterocycles. The number of benzene rings is 1. The minimum atomic E-state index is -2.93. The molecule has 1 aromatic carbocycles. The van der Waals surface area contributed by atoms with Crippen LogP contribution in [-0.4, -0.2) is 41.6 Å². The number of rotatable bonds is 4. The monoisotopic (exact) mass is 334 g/mol.